The highest BCUT2D eigenvalue weighted by Crippen LogP contribution is 2.21. The van der Waals surface area contributed by atoms with Crippen molar-refractivity contribution in [2.75, 3.05) is 5.73 Å². The molecule has 0 saturated heterocycles. The summed E-state index contributed by atoms with van der Waals surface area (Å²) in [7, 11) is 0. The monoisotopic (exact) mass is 289 g/mol. The Morgan fingerprint density at radius 3 is 2.05 bits per heavy atom. The van der Waals surface area contributed by atoms with Crippen molar-refractivity contribution in [1.82, 2.24) is 9.97 Å². The number of pyridine rings is 2. The molecule has 0 aromatic carbocycles. The highest BCUT2D eigenvalue weighted by atomic mass is 14.8. The van der Waals surface area contributed by atoms with Crippen LogP contribution < -0.4 is 5.73 Å². The molecule has 0 fully saturated rings. The fourth-order valence-corrected chi connectivity index (χ4v) is 1.50. The summed E-state index contributed by atoms with van der Waals surface area (Å²) in [5, 5.41) is 0. The quantitative estimate of drug-likeness (QED) is 0.809. The summed E-state index contributed by atoms with van der Waals surface area (Å²) in [6.45, 7) is 14.1. The van der Waals surface area contributed by atoms with Crippen LogP contribution in [0.25, 0.3) is 11.1 Å². The number of aromatic nitrogens is 2. The fourth-order valence-electron chi connectivity index (χ4n) is 1.50. The van der Waals surface area contributed by atoms with Gasteiger partial charge in [-0.05, 0) is 24.1 Å². The van der Waals surface area contributed by atoms with E-state index in [9.17, 15) is 0 Å². The summed E-state index contributed by atoms with van der Waals surface area (Å²) in [6.07, 6.45) is 6.26. The number of nitrogens with zero attached hydrogens (tertiary/aromatic N) is 2. The zero-order valence-electron chi connectivity index (χ0n) is 14.6. The molecule has 0 radical (unpaired) electrons. The summed E-state index contributed by atoms with van der Waals surface area (Å²) in [4.78, 5) is 8.26. The number of rotatable bonds is 2. The second kappa shape index (κ2) is 14.5. The first-order chi connectivity index (χ1) is 10.3. The highest BCUT2D eigenvalue weighted by molar-refractivity contribution is 5.64. The number of nitrogen functional groups attached to an aromatic ring is 1. The van der Waals surface area contributed by atoms with Crippen molar-refractivity contribution in [1.29, 1.82) is 0 Å². The van der Waals surface area contributed by atoms with Crippen LogP contribution in [0.4, 0.5) is 5.82 Å². The van der Waals surface area contributed by atoms with E-state index in [2.05, 4.69) is 23.0 Å². The first-order valence-electron chi connectivity index (χ1n) is 7.96. The molecular weight excluding hydrogens is 258 g/mol. The molecule has 0 spiro atoms. The van der Waals surface area contributed by atoms with Gasteiger partial charge < -0.3 is 5.73 Å². The molecular formula is C18H31N3. The van der Waals surface area contributed by atoms with Gasteiger partial charge in [0.15, 0.2) is 0 Å². The van der Waals surface area contributed by atoms with Crippen molar-refractivity contribution in [3.05, 3.63) is 42.4 Å². The van der Waals surface area contributed by atoms with E-state index in [0.717, 1.165) is 23.1 Å². The third-order valence-electron chi connectivity index (χ3n) is 2.38. The topological polar surface area (TPSA) is 51.8 Å². The standard InChI is InChI=1S/C12H13N3.3C2H6/c1-2-9-6-11(8-15-12(9)13)10-4-3-5-14-7-10;3*1-2/h3-8H,2H2,1H3,(H2,13,15);3*1-2H3. The van der Waals surface area contributed by atoms with Crippen LogP contribution >= 0.6 is 0 Å². The largest absolute Gasteiger partial charge is 0.383 e. The van der Waals surface area contributed by atoms with Crippen molar-refractivity contribution in [2.24, 2.45) is 0 Å². The molecule has 0 bridgehead atoms. The Morgan fingerprint density at radius 2 is 1.57 bits per heavy atom. The summed E-state index contributed by atoms with van der Waals surface area (Å²) >= 11 is 0. The van der Waals surface area contributed by atoms with Gasteiger partial charge in [0.25, 0.3) is 0 Å². The second-order valence-corrected chi connectivity index (χ2v) is 3.36. The molecule has 0 atom stereocenters. The molecule has 0 aliphatic carbocycles. The van der Waals surface area contributed by atoms with Crippen LogP contribution in [0.3, 0.4) is 0 Å². The second-order valence-electron chi connectivity index (χ2n) is 3.36. The fraction of sp³-hybridized carbons (Fsp3) is 0.444. The summed E-state index contributed by atoms with van der Waals surface area (Å²) in [5.74, 6) is 0.616. The van der Waals surface area contributed by atoms with Crippen LogP contribution in [0.1, 0.15) is 54.0 Å². The van der Waals surface area contributed by atoms with E-state index in [1.54, 1.807) is 12.4 Å². The minimum atomic E-state index is 0.616. The van der Waals surface area contributed by atoms with Gasteiger partial charge in [-0.2, -0.15) is 0 Å². The maximum atomic E-state index is 5.75. The predicted octanol–water partition coefficient (Wildman–Crippen LogP) is 5.37. The lowest BCUT2D eigenvalue weighted by Gasteiger charge is -2.05. The normalized spacial score (nSPS) is 8.14. The minimum absolute atomic E-state index is 0.616. The van der Waals surface area contributed by atoms with Crippen LogP contribution in [0.2, 0.25) is 0 Å². The van der Waals surface area contributed by atoms with Crippen LogP contribution in [0, 0.1) is 0 Å². The Hall–Kier alpha value is -1.90. The first kappa shape index (κ1) is 21.4. The lowest BCUT2D eigenvalue weighted by atomic mass is 10.1. The lowest BCUT2D eigenvalue weighted by Crippen LogP contribution is -1.96. The molecule has 0 amide bonds. The average Bonchev–Trinajstić information content (AvgIpc) is 2.61. The lowest BCUT2D eigenvalue weighted by molar-refractivity contribution is 1.11. The van der Waals surface area contributed by atoms with Crippen LogP contribution in [0.15, 0.2) is 36.8 Å². The van der Waals surface area contributed by atoms with Gasteiger partial charge in [0.2, 0.25) is 0 Å². The molecule has 21 heavy (non-hydrogen) atoms. The molecule has 2 heterocycles. The average molecular weight is 289 g/mol. The van der Waals surface area contributed by atoms with E-state index >= 15 is 0 Å². The molecule has 3 heteroatoms. The number of anilines is 1. The molecule has 0 aliphatic heterocycles. The number of hydrogen-bond acceptors (Lipinski definition) is 3. The van der Waals surface area contributed by atoms with Gasteiger partial charge in [-0.3, -0.25) is 4.98 Å². The molecule has 2 N–H and O–H groups in total. The predicted molar refractivity (Wildman–Crippen MR) is 95.3 cm³/mol. The Balaban J connectivity index is 0. The minimum Gasteiger partial charge on any atom is -0.383 e. The maximum Gasteiger partial charge on any atom is 0.126 e. The van der Waals surface area contributed by atoms with E-state index in [1.165, 1.54) is 0 Å². The van der Waals surface area contributed by atoms with E-state index in [-0.39, 0.29) is 0 Å². The zero-order chi connectivity index (χ0) is 16.7. The zero-order valence-corrected chi connectivity index (χ0v) is 14.6. The first-order valence-corrected chi connectivity index (χ1v) is 7.96. The Morgan fingerprint density at radius 1 is 0.952 bits per heavy atom. The van der Waals surface area contributed by atoms with Crippen LogP contribution in [0.5, 0.6) is 0 Å². The van der Waals surface area contributed by atoms with Crippen molar-refractivity contribution < 1.29 is 0 Å². The molecule has 2 aromatic heterocycles. The van der Waals surface area contributed by atoms with Gasteiger partial charge in [0, 0.05) is 29.7 Å². The van der Waals surface area contributed by atoms with Gasteiger partial charge in [-0.1, -0.05) is 54.5 Å². The SMILES string of the molecule is CC.CC.CC.CCc1cc(-c2cccnc2)cnc1N. The number of hydrogen-bond donors (Lipinski definition) is 1. The van der Waals surface area contributed by atoms with Crippen molar-refractivity contribution in [2.45, 2.75) is 54.9 Å². The Bertz CT molecular complexity index is 453. The van der Waals surface area contributed by atoms with Crippen LogP contribution in [-0.4, -0.2) is 9.97 Å². The third kappa shape index (κ3) is 7.45. The molecule has 0 aliphatic rings. The Labute approximate surface area is 130 Å². The summed E-state index contributed by atoms with van der Waals surface area (Å²) in [5.41, 5.74) is 8.96. The van der Waals surface area contributed by atoms with E-state index in [0.29, 0.717) is 5.82 Å². The van der Waals surface area contributed by atoms with E-state index in [1.807, 2.05) is 59.9 Å². The van der Waals surface area contributed by atoms with Gasteiger partial charge in [-0.25, -0.2) is 4.98 Å². The number of aryl methyl sites for hydroxylation is 1. The van der Waals surface area contributed by atoms with Gasteiger partial charge >= 0.3 is 0 Å². The van der Waals surface area contributed by atoms with Crippen molar-refractivity contribution in [3.63, 3.8) is 0 Å². The van der Waals surface area contributed by atoms with Crippen molar-refractivity contribution >= 4 is 5.82 Å². The number of nitrogens with two attached hydrogens (primary N) is 1. The van der Waals surface area contributed by atoms with Gasteiger partial charge in [0.1, 0.15) is 5.82 Å². The molecule has 0 unspecified atom stereocenters. The van der Waals surface area contributed by atoms with Crippen LogP contribution in [-0.2, 0) is 6.42 Å². The highest BCUT2D eigenvalue weighted by Gasteiger charge is 2.02. The van der Waals surface area contributed by atoms with E-state index < -0.39 is 0 Å². The molecule has 3 nitrogen and oxygen atoms in total. The van der Waals surface area contributed by atoms with Gasteiger partial charge in [0.05, 0.1) is 0 Å². The smallest absolute Gasteiger partial charge is 0.126 e. The molecule has 2 rings (SSSR count). The van der Waals surface area contributed by atoms with Crippen molar-refractivity contribution in [3.8, 4) is 11.1 Å². The maximum absolute atomic E-state index is 5.75. The van der Waals surface area contributed by atoms with E-state index in [4.69, 9.17) is 5.73 Å². The van der Waals surface area contributed by atoms with Gasteiger partial charge in [-0.15, -0.1) is 0 Å². The molecule has 2 aromatic rings. The summed E-state index contributed by atoms with van der Waals surface area (Å²) < 4.78 is 0. The Kier molecular flexibility index (Phi) is 14.8. The summed E-state index contributed by atoms with van der Waals surface area (Å²) in [6, 6.07) is 6.00. The third-order valence-corrected chi connectivity index (χ3v) is 2.38. The molecule has 0 saturated carbocycles. The molecule has 118 valence electrons.